The third kappa shape index (κ3) is 7.41. The molecule has 0 aliphatic rings. The van der Waals surface area contributed by atoms with Gasteiger partial charge in [-0.05, 0) is 61.9 Å². The first kappa shape index (κ1) is 34.4. The van der Waals surface area contributed by atoms with E-state index in [0.717, 1.165) is 22.5 Å². The minimum Gasteiger partial charge on any atom is -0.305 e. The summed E-state index contributed by atoms with van der Waals surface area (Å²) in [6, 6.07) is 52.9. The number of thiophene rings is 1. The average Bonchev–Trinajstić information content (AvgIpc) is 3.52. The van der Waals surface area contributed by atoms with Crippen LogP contribution in [0.4, 0.5) is 0 Å². The Hall–Kier alpha value is -4.51. The van der Waals surface area contributed by atoms with Gasteiger partial charge in [-0.15, -0.1) is 59.7 Å². The van der Waals surface area contributed by atoms with Crippen LogP contribution in [0.25, 0.3) is 64.9 Å². The fourth-order valence-electron chi connectivity index (χ4n) is 6.22. The minimum absolute atomic E-state index is 0. The van der Waals surface area contributed by atoms with Crippen LogP contribution in [0.2, 0.25) is 19.6 Å². The van der Waals surface area contributed by atoms with Crippen molar-refractivity contribution in [3.8, 4) is 44.8 Å². The molecule has 3 heterocycles. The number of benzene rings is 5. The summed E-state index contributed by atoms with van der Waals surface area (Å²) in [6.45, 7) is 9.24. The van der Waals surface area contributed by atoms with Gasteiger partial charge in [0.25, 0.3) is 0 Å². The van der Waals surface area contributed by atoms with Crippen molar-refractivity contribution in [2.75, 3.05) is 0 Å². The summed E-state index contributed by atoms with van der Waals surface area (Å²) in [5.74, 6) is 0. The van der Waals surface area contributed by atoms with Crippen LogP contribution in [-0.2, 0) is 20.1 Å². The molecular weight excluding hydrogens is 809 g/mol. The van der Waals surface area contributed by atoms with Gasteiger partial charge in [0.05, 0.1) is 8.07 Å². The van der Waals surface area contributed by atoms with Gasteiger partial charge in [-0.3, -0.25) is 0 Å². The van der Waals surface area contributed by atoms with Crippen molar-refractivity contribution in [1.29, 1.82) is 0 Å². The SMILES string of the molecule is Cc1cc(-c2[c-]cccc2)ncc1[Si](C)(C)C.[Ir].[c-]1ccc2c(sc3c(-c4ccccc4)cccc32)c1-c1cc(-c2ccccc2)ccn1. The van der Waals surface area contributed by atoms with Crippen molar-refractivity contribution >= 4 is 44.8 Å². The van der Waals surface area contributed by atoms with Crippen LogP contribution >= 0.6 is 11.3 Å². The van der Waals surface area contributed by atoms with Crippen LogP contribution < -0.4 is 5.19 Å². The molecule has 1 radical (unpaired) electrons. The summed E-state index contributed by atoms with van der Waals surface area (Å²) in [6.07, 6.45) is 3.95. The summed E-state index contributed by atoms with van der Waals surface area (Å²) in [4.78, 5) is 9.29. The van der Waals surface area contributed by atoms with E-state index in [0.29, 0.717) is 0 Å². The molecule has 0 saturated heterocycles. The van der Waals surface area contributed by atoms with E-state index in [1.807, 2.05) is 47.9 Å². The Kier molecular flexibility index (Phi) is 10.5. The number of rotatable bonds is 5. The van der Waals surface area contributed by atoms with Crippen molar-refractivity contribution in [1.82, 2.24) is 9.97 Å². The smallest absolute Gasteiger partial charge is 0.0798 e. The predicted molar refractivity (Wildman–Crippen MR) is 208 cm³/mol. The van der Waals surface area contributed by atoms with Crippen LogP contribution in [-0.4, -0.2) is 18.0 Å². The molecule has 0 N–H and O–H groups in total. The Balaban J connectivity index is 0.000000198. The molecule has 3 aromatic heterocycles. The topological polar surface area (TPSA) is 25.8 Å². The van der Waals surface area contributed by atoms with Gasteiger partial charge in [0.15, 0.2) is 0 Å². The Morgan fingerprint density at radius 2 is 1.31 bits per heavy atom. The molecule has 0 fully saturated rings. The molecule has 8 aromatic rings. The zero-order valence-electron chi connectivity index (χ0n) is 28.0. The van der Waals surface area contributed by atoms with Gasteiger partial charge < -0.3 is 9.97 Å². The third-order valence-corrected chi connectivity index (χ3v) is 12.0. The maximum absolute atomic E-state index is 4.71. The summed E-state index contributed by atoms with van der Waals surface area (Å²) >= 11 is 1.84. The summed E-state index contributed by atoms with van der Waals surface area (Å²) in [5.41, 5.74) is 10.3. The molecule has 0 unspecified atom stereocenters. The zero-order chi connectivity index (χ0) is 33.1. The van der Waals surface area contributed by atoms with E-state index < -0.39 is 8.07 Å². The first-order chi connectivity index (χ1) is 23.4. The number of hydrogen-bond acceptors (Lipinski definition) is 3. The van der Waals surface area contributed by atoms with E-state index in [1.54, 1.807) is 0 Å². The number of aryl methyl sites for hydroxylation is 1. The van der Waals surface area contributed by atoms with Crippen molar-refractivity contribution in [2.24, 2.45) is 0 Å². The second kappa shape index (κ2) is 14.9. The molecule has 243 valence electrons. The molecule has 0 spiro atoms. The molecule has 0 atom stereocenters. The fourth-order valence-corrected chi connectivity index (χ4v) is 9.27. The van der Waals surface area contributed by atoms with Gasteiger partial charge in [0.1, 0.15) is 0 Å². The average molecular weight is 845 g/mol. The number of aromatic nitrogens is 2. The maximum atomic E-state index is 4.71. The second-order valence-electron chi connectivity index (χ2n) is 13.0. The van der Waals surface area contributed by atoms with Crippen molar-refractivity contribution < 1.29 is 20.1 Å². The van der Waals surface area contributed by atoms with Gasteiger partial charge in [-0.25, -0.2) is 0 Å². The maximum Gasteiger partial charge on any atom is 0.0798 e. The van der Waals surface area contributed by atoms with Gasteiger partial charge in [0, 0.05) is 37.2 Å². The molecule has 0 aliphatic carbocycles. The number of pyridine rings is 2. The standard InChI is InChI=1S/C29H18NS.C15H18NSi.Ir/c1-3-9-20(10-4-1)22-17-18-30-27(19-22)26-16-8-15-25-24-14-7-13-23(28(24)31-29(25)26)21-11-5-2-6-12-21;1-12-10-14(13-8-6-5-7-9-13)16-11-15(12)17(2,3)4;/h1-15,17-19H;5-8,10-11H,1-4H3;/q2*-1;. The van der Waals surface area contributed by atoms with Gasteiger partial charge in [-0.1, -0.05) is 122 Å². The van der Waals surface area contributed by atoms with Crippen LogP contribution in [0.3, 0.4) is 0 Å². The molecule has 2 nitrogen and oxygen atoms in total. The minimum atomic E-state index is -1.27. The summed E-state index contributed by atoms with van der Waals surface area (Å²) in [5, 5.41) is 3.99. The second-order valence-corrected chi connectivity index (χ2v) is 19.0. The zero-order valence-corrected chi connectivity index (χ0v) is 32.2. The monoisotopic (exact) mass is 845 g/mol. The number of nitrogens with zero attached hydrogens (tertiary/aromatic N) is 2. The molecule has 0 bridgehead atoms. The molecule has 0 amide bonds. The van der Waals surface area contributed by atoms with Crippen LogP contribution in [0.1, 0.15) is 5.56 Å². The summed E-state index contributed by atoms with van der Waals surface area (Å²) in [7, 11) is -1.27. The Labute approximate surface area is 307 Å². The van der Waals surface area contributed by atoms with Crippen molar-refractivity contribution in [2.45, 2.75) is 26.6 Å². The van der Waals surface area contributed by atoms with E-state index in [-0.39, 0.29) is 20.1 Å². The van der Waals surface area contributed by atoms with Crippen molar-refractivity contribution in [3.63, 3.8) is 0 Å². The first-order valence-corrected chi connectivity index (χ1v) is 20.6. The number of hydrogen-bond donors (Lipinski definition) is 0. The van der Waals surface area contributed by atoms with E-state index in [4.69, 9.17) is 4.98 Å². The van der Waals surface area contributed by atoms with Crippen LogP contribution in [0, 0.1) is 19.1 Å². The largest absolute Gasteiger partial charge is 0.305 e. The predicted octanol–water partition coefficient (Wildman–Crippen LogP) is 11.7. The van der Waals surface area contributed by atoms with E-state index in [2.05, 4.69) is 153 Å². The normalized spacial score (nSPS) is 11.1. The Morgan fingerprint density at radius 1 is 0.592 bits per heavy atom. The molecule has 5 heteroatoms. The Morgan fingerprint density at radius 3 is 2.00 bits per heavy atom. The molecular formula is C44H36IrN2SSi-2. The van der Waals surface area contributed by atoms with Crippen LogP contribution in [0.15, 0.2) is 146 Å². The molecule has 5 aromatic carbocycles. The molecule has 0 aliphatic heterocycles. The van der Waals surface area contributed by atoms with Gasteiger partial charge >= 0.3 is 0 Å². The molecule has 49 heavy (non-hydrogen) atoms. The van der Waals surface area contributed by atoms with Gasteiger partial charge in [0.2, 0.25) is 0 Å². The third-order valence-electron chi connectivity index (χ3n) is 8.57. The fraction of sp³-hybridized carbons (Fsp3) is 0.0909. The first-order valence-electron chi connectivity index (χ1n) is 16.2. The molecule has 0 saturated carbocycles. The Bertz CT molecular complexity index is 2330. The number of fused-ring (bicyclic) bond motifs is 3. The van der Waals surface area contributed by atoms with E-state index in [9.17, 15) is 0 Å². The molecule has 8 rings (SSSR count). The van der Waals surface area contributed by atoms with Crippen LogP contribution in [0.5, 0.6) is 0 Å². The van der Waals surface area contributed by atoms with Crippen molar-refractivity contribution in [3.05, 3.63) is 164 Å². The quantitative estimate of drug-likeness (QED) is 0.127. The van der Waals surface area contributed by atoms with E-state index in [1.165, 1.54) is 53.2 Å². The summed E-state index contributed by atoms with van der Waals surface area (Å²) < 4.78 is 2.54. The van der Waals surface area contributed by atoms with Gasteiger partial charge in [-0.2, -0.15) is 11.3 Å². The van der Waals surface area contributed by atoms with E-state index >= 15 is 0 Å².